The highest BCUT2D eigenvalue weighted by molar-refractivity contribution is 8.00. The predicted octanol–water partition coefficient (Wildman–Crippen LogP) is 3.78. The Kier molecular flexibility index (Phi) is 4.62. The van der Waals surface area contributed by atoms with Crippen molar-refractivity contribution in [3.8, 4) is 0 Å². The molecule has 118 valence electrons. The van der Waals surface area contributed by atoms with Gasteiger partial charge in [-0.1, -0.05) is 30.8 Å². The third kappa shape index (κ3) is 3.71. The Balaban J connectivity index is 1.72. The van der Waals surface area contributed by atoms with E-state index in [2.05, 4.69) is 20.3 Å². The Hall–Kier alpha value is -2.34. The van der Waals surface area contributed by atoms with Gasteiger partial charge in [0.25, 0.3) is 0 Å². The molecular weight excluding hydrogens is 308 g/mol. The molecule has 5 nitrogen and oxygen atoms in total. The highest BCUT2D eigenvalue weighted by Crippen LogP contribution is 2.26. The molecule has 2 aromatic heterocycles. The number of nitrogens with zero attached hydrogens (tertiary/aromatic N) is 2. The number of thioether (sulfide) groups is 1. The Bertz CT molecular complexity index is 797. The molecule has 0 aliphatic rings. The van der Waals surface area contributed by atoms with Gasteiger partial charge in [0.1, 0.15) is 5.82 Å². The molecule has 1 unspecified atom stereocenters. The maximum atomic E-state index is 12.5. The summed E-state index contributed by atoms with van der Waals surface area (Å²) in [4.78, 5) is 24.4. The molecule has 23 heavy (non-hydrogen) atoms. The molecule has 6 heteroatoms. The molecule has 0 spiro atoms. The maximum absolute atomic E-state index is 12.5. The van der Waals surface area contributed by atoms with Crippen molar-refractivity contribution < 1.29 is 4.79 Å². The predicted molar refractivity (Wildman–Crippen MR) is 93.6 cm³/mol. The van der Waals surface area contributed by atoms with Crippen LogP contribution in [0.25, 0.3) is 11.0 Å². The summed E-state index contributed by atoms with van der Waals surface area (Å²) in [7, 11) is 0. The topological polar surface area (TPSA) is 70.7 Å². The van der Waals surface area contributed by atoms with Gasteiger partial charge in [0, 0.05) is 6.20 Å². The minimum absolute atomic E-state index is 0.0592. The number of amides is 1. The molecule has 3 rings (SSSR count). The molecule has 3 aromatic rings. The van der Waals surface area contributed by atoms with E-state index in [4.69, 9.17) is 0 Å². The van der Waals surface area contributed by atoms with Gasteiger partial charge in [-0.3, -0.25) is 4.79 Å². The molecule has 1 amide bonds. The third-order valence-corrected chi connectivity index (χ3v) is 4.70. The lowest BCUT2D eigenvalue weighted by Crippen LogP contribution is -2.25. The first-order chi connectivity index (χ1) is 11.2. The summed E-state index contributed by atoms with van der Waals surface area (Å²) in [6.45, 7) is 3.96. The van der Waals surface area contributed by atoms with Crippen LogP contribution in [0.3, 0.4) is 0 Å². The maximum Gasteiger partial charge on any atom is 0.239 e. The number of nitrogens with one attached hydrogen (secondary N) is 2. The largest absolute Gasteiger partial charge is 0.333 e. The number of fused-ring (bicyclic) bond motifs is 1. The zero-order chi connectivity index (χ0) is 16.2. The number of hydrogen-bond acceptors (Lipinski definition) is 4. The Morgan fingerprint density at radius 2 is 2.17 bits per heavy atom. The summed E-state index contributed by atoms with van der Waals surface area (Å²) in [6.07, 6.45) is 2.40. The van der Waals surface area contributed by atoms with Crippen LogP contribution >= 0.6 is 11.8 Å². The number of rotatable bonds is 5. The lowest BCUT2D eigenvalue weighted by Gasteiger charge is -2.13. The fourth-order valence-corrected chi connectivity index (χ4v) is 3.18. The molecule has 0 aliphatic carbocycles. The second kappa shape index (κ2) is 6.83. The molecule has 1 atom stereocenters. The zero-order valence-corrected chi connectivity index (χ0v) is 13.9. The highest BCUT2D eigenvalue weighted by Gasteiger charge is 2.20. The molecule has 0 saturated heterocycles. The summed E-state index contributed by atoms with van der Waals surface area (Å²) in [5.41, 5.74) is 2.95. The van der Waals surface area contributed by atoms with Crippen LogP contribution < -0.4 is 5.32 Å². The van der Waals surface area contributed by atoms with E-state index in [1.807, 2.05) is 50.2 Å². The average molecular weight is 326 g/mol. The second-order valence-corrected chi connectivity index (χ2v) is 6.47. The van der Waals surface area contributed by atoms with Crippen LogP contribution in [-0.2, 0) is 4.79 Å². The van der Waals surface area contributed by atoms with Gasteiger partial charge in [-0.2, -0.15) is 0 Å². The SMILES string of the molecule is CCC(Sc1nc2ccccc2[nH]1)C(=O)Nc1cc(C)ccn1. The number of carbonyl (C=O) groups is 1. The number of aromatic nitrogens is 3. The molecule has 1 aromatic carbocycles. The van der Waals surface area contributed by atoms with Gasteiger partial charge in [-0.05, 0) is 43.2 Å². The van der Waals surface area contributed by atoms with E-state index in [-0.39, 0.29) is 11.2 Å². The van der Waals surface area contributed by atoms with E-state index in [1.165, 1.54) is 11.8 Å². The van der Waals surface area contributed by atoms with E-state index in [0.717, 1.165) is 21.8 Å². The van der Waals surface area contributed by atoms with Crippen LogP contribution in [0.5, 0.6) is 0 Å². The quantitative estimate of drug-likeness (QED) is 0.700. The smallest absolute Gasteiger partial charge is 0.239 e. The molecule has 2 N–H and O–H groups in total. The number of pyridine rings is 1. The van der Waals surface area contributed by atoms with Crippen LogP contribution in [0.4, 0.5) is 5.82 Å². The monoisotopic (exact) mass is 326 g/mol. The van der Waals surface area contributed by atoms with Gasteiger partial charge in [0.05, 0.1) is 16.3 Å². The van der Waals surface area contributed by atoms with Gasteiger partial charge in [0.2, 0.25) is 5.91 Å². The van der Waals surface area contributed by atoms with E-state index in [1.54, 1.807) is 6.20 Å². The van der Waals surface area contributed by atoms with Crippen LogP contribution in [0.15, 0.2) is 47.8 Å². The van der Waals surface area contributed by atoms with E-state index < -0.39 is 0 Å². The Labute approximate surface area is 138 Å². The number of H-pyrrole nitrogens is 1. The normalized spacial score (nSPS) is 12.3. The fourth-order valence-electron chi connectivity index (χ4n) is 2.25. The van der Waals surface area contributed by atoms with Crippen LogP contribution in [0.2, 0.25) is 0 Å². The number of aromatic amines is 1. The molecule has 0 saturated carbocycles. The molecule has 0 fully saturated rings. The Morgan fingerprint density at radius 1 is 1.35 bits per heavy atom. The van der Waals surface area contributed by atoms with Crippen LogP contribution in [0, 0.1) is 6.92 Å². The number of para-hydroxylation sites is 2. The number of hydrogen-bond donors (Lipinski definition) is 2. The van der Waals surface area contributed by atoms with Crippen molar-refractivity contribution in [2.24, 2.45) is 0 Å². The molecule has 0 bridgehead atoms. The van der Waals surface area contributed by atoms with Crippen molar-refractivity contribution in [3.05, 3.63) is 48.2 Å². The summed E-state index contributed by atoms with van der Waals surface area (Å²) >= 11 is 1.44. The van der Waals surface area contributed by atoms with Gasteiger partial charge in [-0.15, -0.1) is 0 Å². The summed E-state index contributed by atoms with van der Waals surface area (Å²) in [6, 6.07) is 11.6. The van der Waals surface area contributed by atoms with Crippen LogP contribution in [0.1, 0.15) is 18.9 Å². The first-order valence-electron chi connectivity index (χ1n) is 7.50. The van der Waals surface area contributed by atoms with Gasteiger partial charge >= 0.3 is 0 Å². The van der Waals surface area contributed by atoms with Crippen molar-refractivity contribution >= 4 is 34.5 Å². The van der Waals surface area contributed by atoms with Crippen molar-refractivity contribution in [1.82, 2.24) is 15.0 Å². The van der Waals surface area contributed by atoms with Gasteiger partial charge in [0.15, 0.2) is 5.16 Å². The second-order valence-electron chi connectivity index (χ2n) is 5.28. The van der Waals surface area contributed by atoms with E-state index in [9.17, 15) is 4.79 Å². The summed E-state index contributed by atoms with van der Waals surface area (Å²) < 4.78 is 0. The minimum atomic E-state index is -0.224. The average Bonchev–Trinajstić information content (AvgIpc) is 2.95. The molecule has 2 heterocycles. The lowest BCUT2D eigenvalue weighted by molar-refractivity contribution is -0.115. The first-order valence-corrected chi connectivity index (χ1v) is 8.38. The van der Waals surface area contributed by atoms with E-state index >= 15 is 0 Å². The molecular formula is C17H18N4OS. The molecule has 0 aliphatic heterocycles. The number of imidazole rings is 1. The molecule has 0 radical (unpaired) electrons. The van der Waals surface area contributed by atoms with Crippen molar-refractivity contribution in [3.63, 3.8) is 0 Å². The van der Waals surface area contributed by atoms with Crippen LogP contribution in [-0.4, -0.2) is 26.1 Å². The number of carbonyl (C=O) groups excluding carboxylic acids is 1. The number of aryl methyl sites for hydroxylation is 1. The van der Waals surface area contributed by atoms with Crippen molar-refractivity contribution in [2.75, 3.05) is 5.32 Å². The highest BCUT2D eigenvalue weighted by atomic mass is 32.2. The zero-order valence-electron chi connectivity index (χ0n) is 13.0. The first kappa shape index (κ1) is 15.6. The van der Waals surface area contributed by atoms with Crippen molar-refractivity contribution in [2.45, 2.75) is 30.7 Å². The van der Waals surface area contributed by atoms with Gasteiger partial charge in [-0.25, -0.2) is 9.97 Å². The third-order valence-electron chi connectivity index (χ3n) is 3.45. The lowest BCUT2D eigenvalue weighted by atomic mass is 10.3. The fraction of sp³-hybridized carbons (Fsp3) is 0.235. The van der Waals surface area contributed by atoms with E-state index in [0.29, 0.717) is 12.2 Å². The number of anilines is 1. The minimum Gasteiger partial charge on any atom is -0.333 e. The number of benzene rings is 1. The standard InChI is InChI=1S/C17H18N4OS/c1-3-14(16(22)21-15-10-11(2)8-9-18-15)23-17-19-12-6-4-5-7-13(12)20-17/h4-10,14H,3H2,1-2H3,(H,19,20)(H,18,21,22). The summed E-state index contributed by atoms with van der Waals surface area (Å²) in [5, 5.41) is 3.41. The summed E-state index contributed by atoms with van der Waals surface area (Å²) in [5.74, 6) is 0.523. The Morgan fingerprint density at radius 3 is 2.91 bits per heavy atom. The van der Waals surface area contributed by atoms with Gasteiger partial charge < -0.3 is 10.3 Å². The van der Waals surface area contributed by atoms with Crippen molar-refractivity contribution in [1.29, 1.82) is 0 Å².